The maximum Gasteiger partial charge on any atom is 0.292 e. The van der Waals surface area contributed by atoms with Crippen LogP contribution in [0.25, 0.3) is 0 Å². The minimum Gasteiger partial charge on any atom is -0.363 e. The minimum atomic E-state index is -3.57. The highest BCUT2D eigenvalue weighted by molar-refractivity contribution is 7.89. The molecular weight excluding hydrogens is 378 g/mol. The van der Waals surface area contributed by atoms with Gasteiger partial charge in [-0.3, -0.25) is 10.1 Å². The van der Waals surface area contributed by atoms with E-state index in [1.807, 2.05) is 17.0 Å². The minimum absolute atomic E-state index is 0.0411. The van der Waals surface area contributed by atoms with Crippen molar-refractivity contribution in [1.82, 2.24) is 4.31 Å². The highest BCUT2D eigenvalue weighted by Crippen LogP contribution is 2.29. The molecule has 1 aliphatic heterocycles. The molecule has 1 aliphatic rings. The smallest absolute Gasteiger partial charge is 0.292 e. The van der Waals surface area contributed by atoms with Crippen molar-refractivity contribution >= 4 is 21.4 Å². The Labute approximate surface area is 165 Å². The van der Waals surface area contributed by atoms with Crippen LogP contribution in [0, 0.1) is 10.1 Å². The number of rotatable bonds is 6. The van der Waals surface area contributed by atoms with Gasteiger partial charge >= 0.3 is 0 Å². The molecule has 0 spiro atoms. The van der Waals surface area contributed by atoms with E-state index in [9.17, 15) is 18.5 Å². The van der Waals surface area contributed by atoms with E-state index < -0.39 is 14.9 Å². The van der Waals surface area contributed by atoms with Crippen molar-refractivity contribution in [2.24, 2.45) is 0 Å². The Kier molecular flexibility index (Phi) is 6.00. The van der Waals surface area contributed by atoms with Crippen molar-refractivity contribution in [3.8, 4) is 0 Å². The fourth-order valence-electron chi connectivity index (χ4n) is 3.41. The molecule has 8 heteroatoms. The van der Waals surface area contributed by atoms with Crippen molar-refractivity contribution in [3.05, 3.63) is 64.2 Å². The van der Waals surface area contributed by atoms with Crippen LogP contribution in [0.15, 0.2) is 53.4 Å². The summed E-state index contributed by atoms with van der Waals surface area (Å²) in [5.41, 5.74) is 1.70. The highest BCUT2D eigenvalue weighted by Gasteiger charge is 2.30. The lowest BCUT2D eigenvalue weighted by Crippen LogP contribution is -2.48. The SMILES string of the molecule is CC[C@H](C)c1ccc(S(=O)(=O)N2CCN(c3ccccc3[N+](=O)[O-])CC2)cc1. The largest absolute Gasteiger partial charge is 0.363 e. The molecule has 7 nitrogen and oxygen atoms in total. The normalized spacial score (nSPS) is 16.7. The molecule has 0 unspecified atom stereocenters. The van der Waals surface area contributed by atoms with Crippen LogP contribution in [-0.2, 0) is 10.0 Å². The van der Waals surface area contributed by atoms with E-state index in [1.54, 1.807) is 30.3 Å². The maximum absolute atomic E-state index is 13.0. The van der Waals surface area contributed by atoms with Gasteiger partial charge in [-0.1, -0.05) is 38.1 Å². The lowest BCUT2D eigenvalue weighted by Gasteiger charge is -2.35. The van der Waals surface area contributed by atoms with Gasteiger partial charge in [0.25, 0.3) is 5.69 Å². The number of nitro benzene ring substituents is 1. The molecule has 1 fully saturated rings. The molecule has 2 aromatic carbocycles. The van der Waals surface area contributed by atoms with Crippen molar-refractivity contribution in [2.45, 2.75) is 31.1 Å². The number of hydrogen-bond acceptors (Lipinski definition) is 5. The first-order valence-electron chi connectivity index (χ1n) is 9.43. The van der Waals surface area contributed by atoms with Crippen LogP contribution in [0.4, 0.5) is 11.4 Å². The summed E-state index contributed by atoms with van der Waals surface area (Å²) in [6, 6.07) is 13.7. The number of nitrogens with zero attached hydrogens (tertiary/aromatic N) is 3. The summed E-state index contributed by atoms with van der Waals surface area (Å²) < 4.78 is 27.4. The maximum atomic E-state index is 13.0. The summed E-state index contributed by atoms with van der Waals surface area (Å²) >= 11 is 0. The quantitative estimate of drug-likeness (QED) is 0.543. The average molecular weight is 404 g/mol. The van der Waals surface area contributed by atoms with Gasteiger partial charge in [0.05, 0.1) is 9.82 Å². The van der Waals surface area contributed by atoms with E-state index in [0.29, 0.717) is 42.7 Å². The molecule has 150 valence electrons. The average Bonchev–Trinajstić information content (AvgIpc) is 2.73. The number of benzene rings is 2. The molecule has 0 bridgehead atoms. The molecule has 0 amide bonds. The van der Waals surface area contributed by atoms with Crippen LogP contribution in [0.2, 0.25) is 0 Å². The Balaban J connectivity index is 1.73. The molecule has 0 radical (unpaired) electrons. The van der Waals surface area contributed by atoms with Crippen LogP contribution in [0.1, 0.15) is 31.7 Å². The first kappa shape index (κ1) is 20.3. The monoisotopic (exact) mass is 403 g/mol. The summed E-state index contributed by atoms with van der Waals surface area (Å²) in [6.07, 6.45) is 1.000. The van der Waals surface area contributed by atoms with Gasteiger partial charge in [-0.15, -0.1) is 0 Å². The summed E-state index contributed by atoms with van der Waals surface area (Å²) in [5, 5.41) is 11.2. The van der Waals surface area contributed by atoms with Crippen LogP contribution in [0.5, 0.6) is 0 Å². The van der Waals surface area contributed by atoms with Crippen molar-refractivity contribution in [3.63, 3.8) is 0 Å². The number of sulfonamides is 1. The molecule has 2 aromatic rings. The van der Waals surface area contributed by atoms with E-state index >= 15 is 0 Å². The van der Waals surface area contributed by atoms with E-state index in [-0.39, 0.29) is 5.69 Å². The summed E-state index contributed by atoms with van der Waals surface area (Å²) in [6.45, 7) is 5.63. The number of para-hydroxylation sites is 2. The number of anilines is 1. The van der Waals surface area contributed by atoms with E-state index in [4.69, 9.17) is 0 Å². The fourth-order valence-corrected chi connectivity index (χ4v) is 4.83. The number of piperazine rings is 1. The molecule has 0 saturated carbocycles. The van der Waals surface area contributed by atoms with Crippen molar-refractivity contribution < 1.29 is 13.3 Å². The molecule has 28 heavy (non-hydrogen) atoms. The van der Waals surface area contributed by atoms with Gasteiger partial charge in [-0.25, -0.2) is 8.42 Å². The standard InChI is InChI=1S/C20H25N3O4S/c1-3-16(2)17-8-10-18(11-9-17)28(26,27)22-14-12-21(13-15-22)19-6-4-5-7-20(19)23(24)25/h4-11,16H,3,12-15H2,1-2H3/t16-/m0/s1. The van der Waals surface area contributed by atoms with Crippen molar-refractivity contribution in [2.75, 3.05) is 31.1 Å². The number of hydrogen-bond donors (Lipinski definition) is 0. The Morgan fingerprint density at radius 1 is 1.04 bits per heavy atom. The van der Waals surface area contributed by atoms with Gasteiger partial charge in [0.2, 0.25) is 10.0 Å². The van der Waals surface area contributed by atoms with Crippen LogP contribution >= 0.6 is 0 Å². The predicted octanol–water partition coefficient (Wildman–Crippen LogP) is 3.62. The summed E-state index contributed by atoms with van der Waals surface area (Å²) in [7, 11) is -3.57. The summed E-state index contributed by atoms with van der Waals surface area (Å²) in [5.74, 6) is 0.391. The third kappa shape index (κ3) is 4.02. The molecular formula is C20H25N3O4S. The third-order valence-electron chi connectivity index (χ3n) is 5.36. The second-order valence-electron chi connectivity index (χ2n) is 7.02. The topological polar surface area (TPSA) is 83.8 Å². The van der Waals surface area contributed by atoms with Gasteiger partial charge in [0.1, 0.15) is 5.69 Å². The van der Waals surface area contributed by atoms with Crippen LogP contribution in [0.3, 0.4) is 0 Å². The lowest BCUT2D eigenvalue weighted by molar-refractivity contribution is -0.384. The van der Waals surface area contributed by atoms with E-state index in [2.05, 4.69) is 13.8 Å². The Morgan fingerprint density at radius 3 is 2.21 bits per heavy atom. The van der Waals surface area contributed by atoms with Gasteiger partial charge in [0, 0.05) is 32.2 Å². The van der Waals surface area contributed by atoms with Gasteiger partial charge < -0.3 is 4.90 Å². The predicted molar refractivity (Wildman–Crippen MR) is 109 cm³/mol. The first-order chi connectivity index (χ1) is 13.3. The van der Waals surface area contributed by atoms with E-state index in [0.717, 1.165) is 12.0 Å². The zero-order valence-electron chi connectivity index (χ0n) is 16.1. The Bertz CT molecular complexity index is 936. The third-order valence-corrected chi connectivity index (χ3v) is 7.27. The van der Waals surface area contributed by atoms with Crippen molar-refractivity contribution in [1.29, 1.82) is 0 Å². The second-order valence-corrected chi connectivity index (χ2v) is 8.95. The second kappa shape index (κ2) is 8.28. The highest BCUT2D eigenvalue weighted by atomic mass is 32.2. The Hall–Kier alpha value is -2.45. The van der Waals surface area contributed by atoms with Crippen LogP contribution in [-0.4, -0.2) is 43.8 Å². The molecule has 0 N–H and O–H groups in total. The first-order valence-corrected chi connectivity index (χ1v) is 10.9. The molecule has 0 aliphatic carbocycles. The van der Waals surface area contributed by atoms with Gasteiger partial charge in [-0.2, -0.15) is 4.31 Å². The zero-order valence-corrected chi connectivity index (χ0v) is 16.9. The fraction of sp³-hybridized carbons (Fsp3) is 0.400. The summed E-state index contributed by atoms with van der Waals surface area (Å²) in [4.78, 5) is 13.0. The zero-order chi connectivity index (χ0) is 20.3. The molecule has 1 atom stereocenters. The lowest BCUT2D eigenvalue weighted by atomic mass is 9.99. The Morgan fingerprint density at radius 2 is 1.64 bits per heavy atom. The molecule has 1 saturated heterocycles. The van der Waals surface area contributed by atoms with E-state index in [1.165, 1.54) is 10.4 Å². The number of nitro groups is 1. The molecule has 0 aromatic heterocycles. The van der Waals surface area contributed by atoms with Gasteiger partial charge in [-0.05, 0) is 36.1 Å². The van der Waals surface area contributed by atoms with Crippen LogP contribution < -0.4 is 4.90 Å². The molecule has 3 rings (SSSR count). The molecule has 1 heterocycles. The van der Waals surface area contributed by atoms with Gasteiger partial charge in [0.15, 0.2) is 0 Å².